The smallest absolute Gasteiger partial charge is 0.337 e. The highest BCUT2D eigenvalue weighted by Gasteiger charge is 2.31. The van der Waals surface area contributed by atoms with Crippen molar-refractivity contribution in [2.24, 2.45) is 0 Å². The maximum Gasteiger partial charge on any atom is 0.337 e. The molecule has 3 rings (SSSR count). The molecule has 0 amide bonds. The summed E-state index contributed by atoms with van der Waals surface area (Å²) in [4.78, 5) is 15.6. The Hall–Kier alpha value is -2.29. The summed E-state index contributed by atoms with van der Waals surface area (Å²) >= 11 is 3.41. The van der Waals surface area contributed by atoms with E-state index in [1.165, 1.54) is 18.3 Å². The first-order chi connectivity index (χ1) is 13.1. The predicted octanol–water partition coefficient (Wildman–Crippen LogP) is 4.00. The number of pyridine rings is 1. The number of fused-ring (bicyclic) bond motifs is 1. The molecular weight excluding hydrogens is 444 g/mol. The quantitative estimate of drug-likeness (QED) is 0.576. The highest BCUT2D eigenvalue weighted by atomic mass is 79.9. The zero-order valence-electron chi connectivity index (χ0n) is 15.3. The molecule has 0 saturated carbocycles. The Morgan fingerprint density at radius 1 is 1.18 bits per heavy atom. The molecular formula is C20H19BrN2O4S. The fourth-order valence-corrected chi connectivity index (χ4v) is 5.45. The lowest BCUT2D eigenvalue weighted by Gasteiger charge is -2.27. The van der Waals surface area contributed by atoms with Crippen molar-refractivity contribution in [3.63, 3.8) is 0 Å². The maximum atomic E-state index is 13.2. The van der Waals surface area contributed by atoms with E-state index < -0.39 is 21.5 Å². The topological polar surface area (TPSA) is 96.4 Å². The van der Waals surface area contributed by atoms with Gasteiger partial charge in [0.05, 0.1) is 11.1 Å². The molecule has 1 heterocycles. The highest BCUT2D eigenvalue weighted by Crippen LogP contribution is 2.28. The van der Waals surface area contributed by atoms with Crippen LogP contribution in [0, 0.1) is 0 Å². The molecule has 2 aromatic carbocycles. The van der Waals surface area contributed by atoms with Crippen molar-refractivity contribution in [1.82, 2.24) is 9.71 Å². The third kappa shape index (κ3) is 4.40. The summed E-state index contributed by atoms with van der Waals surface area (Å²) in [7, 11) is -4.13. The fourth-order valence-electron chi connectivity index (χ4n) is 3.19. The van der Waals surface area contributed by atoms with Crippen LogP contribution in [0.4, 0.5) is 0 Å². The molecule has 2 N–H and O–H groups in total. The summed E-state index contributed by atoms with van der Waals surface area (Å²) < 4.78 is 30.0. The largest absolute Gasteiger partial charge is 0.478 e. The number of carbonyl (C=O) groups is 1. The number of carboxylic acids is 1. The van der Waals surface area contributed by atoms with Crippen LogP contribution in [0.1, 0.15) is 29.8 Å². The number of carboxylic acid groups (broad SMARTS) is 1. The van der Waals surface area contributed by atoms with E-state index in [-0.39, 0.29) is 15.8 Å². The van der Waals surface area contributed by atoms with E-state index in [4.69, 9.17) is 0 Å². The van der Waals surface area contributed by atoms with Crippen LogP contribution >= 0.6 is 15.9 Å². The monoisotopic (exact) mass is 462 g/mol. The van der Waals surface area contributed by atoms with E-state index in [2.05, 4.69) is 25.6 Å². The Morgan fingerprint density at radius 2 is 1.93 bits per heavy atom. The summed E-state index contributed by atoms with van der Waals surface area (Å²) in [5, 5.41) is 9.81. The first-order valence-corrected chi connectivity index (χ1v) is 10.8. The molecule has 0 fully saturated rings. The number of hydrogen-bond donors (Lipinski definition) is 2. The normalized spacial score (nSPS) is 12.2. The Morgan fingerprint density at radius 3 is 2.61 bits per heavy atom. The van der Waals surface area contributed by atoms with E-state index in [9.17, 15) is 18.3 Å². The van der Waals surface area contributed by atoms with Crippen LogP contribution < -0.4 is 4.72 Å². The SMILES string of the molecule is CC(C)(Cc1cccc(Br)c1)NS(=O)(=O)c1c(C(=O)O)ccc2ncccc12. The van der Waals surface area contributed by atoms with Crippen LogP contribution in [0.25, 0.3) is 10.9 Å². The van der Waals surface area contributed by atoms with Gasteiger partial charge >= 0.3 is 5.97 Å². The second-order valence-corrected chi connectivity index (χ2v) is 9.65. The van der Waals surface area contributed by atoms with E-state index in [1.54, 1.807) is 26.0 Å². The van der Waals surface area contributed by atoms with Gasteiger partial charge in [-0.2, -0.15) is 0 Å². The molecule has 1 aromatic heterocycles. The standard InChI is InChI=1S/C20H19BrN2O4S/c1-20(2,12-13-5-3-6-14(21)11-13)23-28(26,27)18-15-7-4-10-22-17(15)9-8-16(18)19(24)25/h3-11,23H,12H2,1-2H3,(H,24,25). The Bertz CT molecular complexity index is 1160. The lowest BCUT2D eigenvalue weighted by Crippen LogP contribution is -2.45. The number of sulfonamides is 1. The highest BCUT2D eigenvalue weighted by molar-refractivity contribution is 9.10. The number of aromatic carboxylic acids is 1. The molecule has 0 bridgehead atoms. The lowest BCUT2D eigenvalue weighted by atomic mass is 9.96. The van der Waals surface area contributed by atoms with Crippen LogP contribution in [-0.4, -0.2) is 30.0 Å². The second-order valence-electron chi connectivity index (χ2n) is 7.11. The summed E-state index contributed by atoms with van der Waals surface area (Å²) in [6.45, 7) is 3.52. The molecule has 0 atom stereocenters. The van der Waals surface area contributed by atoms with E-state index in [0.717, 1.165) is 10.0 Å². The summed E-state index contributed by atoms with van der Waals surface area (Å²) in [5.74, 6) is -1.31. The molecule has 0 spiro atoms. The average Bonchev–Trinajstić information content (AvgIpc) is 2.59. The first kappa shape index (κ1) is 20.4. The molecule has 28 heavy (non-hydrogen) atoms. The van der Waals surface area contributed by atoms with Gasteiger partial charge in [-0.15, -0.1) is 0 Å². The summed E-state index contributed by atoms with van der Waals surface area (Å²) in [6.07, 6.45) is 1.96. The van der Waals surface area contributed by atoms with Gasteiger partial charge < -0.3 is 5.11 Å². The van der Waals surface area contributed by atoms with Crippen molar-refractivity contribution in [2.45, 2.75) is 30.7 Å². The molecule has 6 nitrogen and oxygen atoms in total. The van der Waals surface area contributed by atoms with Gasteiger partial charge in [-0.1, -0.05) is 28.1 Å². The summed E-state index contributed by atoms with van der Waals surface area (Å²) in [5.41, 5.74) is 0.226. The fraction of sp³-hybridized carbons (Fsp3) is 0.200. The van der Waals surface area contributed by atoms with Gasteiger partial charge in [-0.25, -0.2) is 17.9 Å². The van der Waals surface area contributed by atoms with Gasteiger partial charge in [0.2, 0.25) is 10.0 Å². The first-order valence-electron chi connectivity index (χ1n) is 8.48. The van der Waals surface area contributed by atoms with E-state index in [1.807, 2.05) is 24.3 Å². The van der Waals surface area contributed by atoms with Gasteiger partial charge in [0.1, 0.15) is 4.90 Å². The number of halogens is 1. The number of nitrogens with zero attached hydrogens (tertiary/aromatic N) is 1. The molecule has 0 aliphatic rings. The van der Waals surface area contributed by atoms with Crippen LogP contribution in [-0.2, 0) is 16.4 Å². The molecule has 0 unspecified atom stereocenters. The molecule has 3 aromatic rings. The number of rotatable bonds is 6. The molecule has 0 saturated heterocycles. The van der Waals surface area contributed by atoms with Gasteiger partial charge in [0.25, 0.3) is 0 Å². The third-order valence-corrected chi connectivity index (χ3v) is 6.47. The molecule has 0 aliphatic heterocycles. The number of aromatic nitrogens is 1. The lowest BCUT2D eigenvalue weighted by molar-refractivity contribution is 0.0693. The van der Waals surface area contributed by atoms with Crippen LogP contribution in [0.5, 0.6) is 0 Å². The molecule has 8 heteroatoms. The maximum absolute atomic E-state index is 13.2. The molecule has 146 valence electrons. The minimum Gasteiger partial charge on any atom is -0.478 e. The number of benzene rings is 2. The zero-order chi connectivity index (χ0) is 20.5. The summed E-state index contributed by atoms with van der Waals surface area (Å²) in [6, 6.07) is 13.5. The van der Waals surface area contributed by atoms with E-state index >= 15 is 0 Å². The van der Waals surface area contributed by atoms with Gasteiger partial charge in [0.15, 0.2) is 0 Å². The Balaban J connectivity index is 2.05. The Labute approximate surface area is 171 Å². The van der Waals surface area contributed by atoms with Crippen molar-refractivity contribution < 1.29 is 18.3 Å². The van der Waals surface area contributed by atoms with E-state index in [0.29, 0.717) is 11.9 Å². The van der Waals surface area contributed by atoms with Crippen molar-refractivity contribution in [1.29, 1.82) is 0 Å². The van der Waals surface area contributed by atoms with Crippen LogP contribution in [0.3, 0.4) is 0 Å². The predicted molar refractivity (Wildman–Crippen MR) is 111 cm³/mol. The van der Waals surface area contributed by atoms with Crippen molar-refractivity contribution >= 4 is 42.8 Å². The third-order valence-electron chi connectivity index (χ3n) is 4.18. The number of nitrogens with one attached hydrogen (secondary N) is 1. The van der Waals surface area contributed by atoms with Gasteiger partial charge in [-0.3, -0.25) is 4.98 Å². The van der Waals surface area contributed by atoms with Crippen LogP contribution in [0.2, 0.25) is 0 Å². The van der Waals surface area contributed by atoms with Crippen molar-refractivity contribution in [2.75, 3.05) is 0 Å². The minimum absolute atomic E-state index is 0.270. The number of hydrogen-bond acceptors (Lipinski definition) is 4. The van der Waals surface area contributed by atoms with Crippen molar-refractivity contribution in [3.8, 4) is 0 Å². The zero-order valence-corrected chi connectivity index (χ0v) is 17.7. The second kappa shape index (κ2) is 7.62. The minimum atomic E-state index is -4.13. The van der Waals surface area contributed by atoms with Gasteiger partial charge in [-0.05, 0) is 62.2 Å². The Kier molecular flexibility index (Phi) is 5.56. The van der Waals surface area contributed by atoms with Crippen molar-refractivity contribution in [3.05, 3.63) is 70.3 Å². The molecule has 0 aliphatic carbocycles. The average molecular weight is 463 g/mol. The molecule has 0 radical (unpaired) electrons. The van der Waals surface area contributed by atoms with Crippen LogP contribution in [0.15, 0.2) is 64.1 Å². The van der Waals surface area contributed by atoms with Gasteiger partial charge in [0, 0.05) is 21.6 Å².